The van der Waals surface area contributed by atoms with Gasteiger partial charge in [-0.2, -0.15) is 0 Å². The number of benzene rings is 1. The van der Waals surface area contributed by atoms with E-state index in [2.05, 4.69) is 15.9 Å². The fourth-order valence-electron chi connectivity index (χ4n) is 0.842. The van der Waals surface area contributed by atoms with Crippen molar-refractivity contribution in [2.24, 2.45) is 0 Å². The second kappa shape index (κ2) is 3.81. The quantitative estimate of drug-likeness (QED) is 0.718. The average molecular weight is 221 g/mol. The van der Waals surface area contributed by atoms with Crippen molar-refractivity contribution in [3.63, 3.8) is 0 Å². The molecular weight excluding hydrogens is 214 g/mol. The Kier molecular flexibility index (Phi) is 3.00. The van der Waals surface area contributed by atoms with Gasteiger partial charge in [0, 0.05) is 10.9 Å². The Morgan fingerprint density at radius 2 is 2.09 bits per heavy atom. The van der Waals surface area contributed by atoms with Crippen LogP contribution in [0.5, 0.6) is 0 Å². The normalized spacial score (nSPS) is 10.5. The molecule has 0 nitrogen and oxygen atoms in total. The first-order valence-corrected chi connectivity index (χ1v) is 4.00. The third-order valence-corrected chi connectivity index (χ3v) is 1.77. The number of hydrogen-bond acceptors (Lipinski definition) is 0. The van der Waals surface area contributed by atoms with E-state index in [0.717, 1.165) is 4.47 Å². The third kappa shape index (κ3) is 2.97. The van der Waals surface area contributed by atoms with Crippen LogP contribution in [0.4, 0.5) is 8.78 Å². The predicted octanol–water partition coefficient (Wildman–Crippen LogP) is 3.26. The summed E-state index contributed by atoms with van der Waals surface area (Å²) in [5.41, 5.74) is 0.661. The maximum Gasteiger partial charge on any atom is 0.242 e. The molecule has 0 heterocycles. The molecule has 11 heavy (non-hydrogen) atoms. The smallest absolute Gasteiger partial charge is 0.210 e. The Balaban J connectivity index is 2.71. The van der Waals surface area contributed by atoms with E-state index in [-0.39, 0.29) is 6.42 Å². The first kappa shape index (κ1) is 8.65. The molecule has 1 aromatic rings. The van der Waals surface area contributed by atoms with E-state index < -0.39 is 6.43 Å². The van der Waals surface area contributed by atoms with Crippen molar-refractivity contribution in [1.82, 2.24) is 0 Å². The lowest BCUT2D eigenvalue weighted by atomic mass is 10.2. The molecule has 0 saturated heterocycles. The zero-order valence-corrected chi connectivity index (χ0v) is 7.31. The van der Waals surface area contributed by atoms with Crippen LogP contribution in [0, 0.1) is 0 Å². The number of rotatable bonds is 2. The predicted molar refractivity (Wildman–Crippen MR) is 43.9 cm³/mol. The van der Waals surface area contributed by atoms with Crippen LogP contribution < -0.4 is 0 Å². The molecule has 0 spiro atoms. The van der Waals surface area contributed by atoms with Gasteiger partial charge in [-0.25, -0.2) is 8.78 Å². The van der Waals surface area contributed by atoms with Crippen LogP contribution in [0.15, 0.2) is 28.7 Å². The van der Waals surface area contributed by atoms with Crippen molar-refractivity contribution in [2.45, 2.75) is 12.8 Å². The third-order valence-electron chi connectivity index (χ3n) is 1.28. The van der Waals surface area contributed by atoms with Gasteiger partial charge in [0.1, 0.15) is 0 Å². The number of alkyl halides is 2. The monoisotopic (exact) mass is 220 g/mol. The Labute approximate surface area is 72.4 Å². The van der Waals surface area contributed by atoms with Crippen molar-refractivity contribution in [3.8, 4) is 0 Å². The lowest BCUT2D eigenvalue weighted by Crippen LogP contribution is -1.95. The standard InChI is InChI=1S/C8H7BrF2/c9-7-3-1-2-6(4-7)5-8(10)11/h1-4,8H,5H2. The first-order chi connectivity index (χ1) is 5.18. The van der Waals surface area contributed by atoms with Crippen LogP contribution in [0.25, 0.3) is 0 Å². The molecule has 0 saturated carbocycles. The maximum absolute atomic E-state index is 11.8. The summed E-state index contributed by atoms with van der Waals surface area (Å²) < 4.78 is 24.5. The topological polar surface area (TPSA) is 0 Å². The second-order valence-electron chi connectivity index (χ2n) is 2.23. The molecular formula is C8H7BrF2. The van der Waals surface area contributed by atoms with Gasteiger partial charge in [0.2, 0.25) is 6.43 Å². The lowest BCUT2D eigenvalue weighted by Gasteiger charge is -1.99. The minimum absolute atomic E-state index is 0.167. The molecule has 0 atom stereocenters. The summed E-state index contributed by atoms with van der Waals surface area (Å²) in [5, 5.41) is 0. The summed E-state index contributed by atoms with van der Waals surface area (Å²) >= 11 is 3.21. The Bertz CT molecular complexity index is 235. The minimum atomic E-state index is -2.26. The maximum atomic E-state index is 11.8. The molecule has 0 bridgehead atoms. The Morgan fingerprint density at radius 1 is 1.36 bits per heavy atom. The van der Waals surface area contributed by atoms with E-state index in [4.69, 9.17) is 0 Å². The average Bonchev–Trinajstić information content (AvgIpc) is 1.85. The summed E-state index contributed by atoms with van der Waals surface area (Å²) in [6.45, 7) is 0. The molecule has 0 radical (unpaired) electrons. The van der Waals surface area contributed by atoms with Crippen LogP contribution in [0.1, 0.15) is 5.56 Å². The molecule has 0 aliphatic heterocycles. The molecule has 0 amide bonds. The molecule has 0 aliphatic carbocycles. The summed E-state index contributed by atoms with van der Waals surface area (Å²) in [6, 6.07) is 6.96. The summed E-state index contributed by atoms with van der Waals surface area (Å²) in [6.07, 6.45) is -2.43. The zero-order valence-electron chi connectivity index (χ0n) is 5.73. The van der Waals surface area contributed by atoms with E-state index in [1.807, 2.05) is 6.07 Å². The van der Waals surface area contributed by atoms with Crippen LogP contribution in [0.2, 0.25) is 0 Å². The highest BCUT2D eigenvalue weighted by Crippen LogP contribution is 2.14. The molecule has 0 unspecified atom stereocenters. The highest BCUT2D eigenvalue weighted by molar-refractivity contribution is 9.10. The second-order valence-corrected chi connectivity index (χ2v) is 3.14. The van der Waals surface area contributed by atoms with Crippen molar-refractivity contribution >= 4 is 15.9 Å². The van der Waals surface area contributed by atoms with Crippen molar-refractivity contribution in [2.75, 3.05) is 0 Å². The minimum Gasteiger partial charge on any atom is -0.210 e. The summed E-state index contributed by atoms with van der Waals surface area (Å²) in [4.78, 5) is 0. The molecule has 1 aromatic carbocycles. The largest absolute Gasteiger partial charge is 0.242 e. The van der Waals surface area contributed by atoms with Crippen molar-refractivity contribution < 1.29 is 8.78 Å². The molecule has 1 rings (SSSR count). The molecule has 0 aromatic heterocycles. The van der Waals surface area contributed by atoms with E-state index in [9.17, 15) is 8.78 Å². The lowest BCUT2D eigenvalue weighted by molar-refractivity contribution is 0.149. The van der Waals surface area contributed by atoms with Gasteiger partial charge < -0.3 is 0 Å². The van der Waals surface area contributed by atoms with Gasteiger partial charge in [-0.3, -0.25) is 0 Å². The van der Waals surface area contributed by atoms with Gasteiger partial charge in [0.25, 0.3) is 0 Å². The van der Waals surface area contributed by atoms with Crippen molar-refractivity contribution in [3.05, 3.63) is 34.3 Å². The van der Waals surface area contributed by atoms with Gasteiger partial charge in [0.15, 0.2) is 0 Å². The van der Waals surface area contributed by atoms with Gasteiger partial charge in [-0.1, -0.05) is 28.1 Å². The zero-order chi connectivity index (χ0) is 8.27. The van der Waals surface area contributed by atoms with Crippen LogP contribution in [-0.2, 0) is 6.42 Å². The van der Waals surface area contributed by atoms with Crippen LogP contribution in [0.3, 0.4) is 0 Å². The van der Waals surface area contributed by atoms with E-state index >= 15 is 0 Å². The Morgan fingerprint density at radius 3 is 2.64 bits per heavy atom. The van der Waals surface area contributed by atoms with Crippen LogP contribution >= 0.6 is 15.9 Å². The van der Waals surface area contributed by atoms with Crippen molar-refractivity contribution in [1.29, 1.82) is 0 Å². The summed E-state index contributed by atoms with van der Waals surface area (Å²) in [7, 11) is 0. The summed E-state index contributed by atoms with van der Waals surface area (Å²) in [5.74, 6) is 0. The first-order valence-electron chi connectivity index (χ1n) is 3.21. The SMILES string of the molecule is FC(F)Cc1cccc(Br)c1. The Hall–Kier alpha value is -0.440. The highest BCUT2D eigenvalue weighted by Gasteiger charge is 2.03. The van der Waals surface area contributed by atoms with E-state index in [1.54, 1.807) is 18.2 Å². The van der Waals surface area contributed by atoms with Gasteiger partial charge in [-0.15, -0.1) is 0 Å². The fraction of sp³-hybridized carbons (Fsp3) is 0.250. The van der Waals surface area contributed by atoms with E-state index in [1.165, 1.54) is 0 Å². The van der Waals surface area contributed by atoms with Gasteiger partial charge >= 0.3 is 0 Å². The fourth-order valence-corrected chi connectivity index (χ4v) is 1.29. The number of halogens is 3. The molecule has 60 valence electrons. The van der Waals surface area contributed by atoms with Gasteiger partial charge in [-0.05, 0) is 17.7 Å². The molecule has 0 aliphatic rings. The van der Waals surface area contributed by atoms with E-state index in [0.29, 0.717) is 5.56 Å². The van der Waals surface area contributed by atoms with Crippen LogP contribution in [-0.4, -0.2) is 6.43 Å². The molecule has 0 fully saturated rings. The highest BCUT2D eigenvalue weighted by atomic mass is 79.9. The number of hydrogen-bond donors (Lipinski definition) is 0. The van der Waals surface area contributed by atoms with Gasteiger partial charge in [0.05, 0.1) is 0 Å². The molecule has 3 heteroatoms. The molecule has 0 N–H and O–H groups in total.